The second-order valence-corrected chi connectivity index (χ2v) is 10.1. The minimum absolute atomic E-state index is 0.00222. The van der Waals surface area contributed by atoms with Crippen molar-refractivity contribution in [1.82, 2.24) is 30.3 Å². The van der Waals surface area contributed by atoms with Crippen molar-refractivity contribution < 1.29 is 43.6 Å². The summed E-state index contributed by atoms with van der Waals surface area (Å²) in [6, 6.07) is 3.40. The van der Waals surface area contributed by atoms with Crippen LogP contribution in [0.25, 0.3) is 11.0 Å². The maximum Gasteiger partial charge on any atom is 0.406 e. The van der Waals surface area contributed by atoms with E-state index in [9.17, 15) is 24.3 Å². The summed E-state index contributed by atoms with van der Waals surface area (Å²) in [6.07, 6.45) is -2.95. The Hall–Kier alpha value is -3.82. The van der Waals surface area contributed by atoms with Crippen LogP contribution in [0.15, 0.2) is 12.1 Å². The molecule has 1 saturated carbocycles. The molecular formula is C26H36N6O9. The molecule has 0 radical (unpaired) electrons. The van der Waals surface area contributed by atoms with Gasteiger partial charge in [-0.1, -0.05) is 0 Å². The van der Waals surface area contributed by atoms with Gasteiger partial charge in [0.05, 0.1) is 31.8 Å². The van der Waals surface area contributed by atoms with Gasteiger partial charge >= 0.3 is 18.0 Å². The van der Waals surface area contributed by atoms with Crippen LogP contribution in [0.3, 0.4) is 0 Å². The molecule has 4 rings (SSSR count). The van der Waals surface area contributed by atoms with Crippen LogP contribution in [0.4, 0.5) is 4.79 Å². The number of esters is 1. The first-order valence-corrected chi connectivity index (χ1v) is 13.5. The number of aliphatic hydroxyl groups excluding tert-OH is 1. The first kappa shape index (κ1) is 30.1. The minimum atomic E-state index is -1.89. The number of aromatic nitrogens is 3. The number of nitrogens with one attached hydrogen (secondary N) is 2. The summed E-state index contributed by atoms with van der Waals surface area (Å²) >= 11 is 0. The number of alkyl carbamates (subject to hydrolysis) is 1. The number of ether oxygens (including phenoxy) is 3. The van der Waals surface area contributed by atoms with Gasteiger partial charge in [-0.3, -0.25) is 9.59 Å². The highest BCUT2D eigenvalue weighted by Crippen LogP contribution is 2.37. The first-order valence-electron chi connectivity index (χ1n) is 13.5. The van der Waals surface area contributed by atoms with Crippen LogP contribution >= 0.6 is 0 Å². The number of carboxylic acids is 1. The number of fused-ring (bicyclic) bond motifs is 1. The summed E-state index contributed by atoms with van der Waals surface area (Å²) in [4.78, 5) is 54.5. The lowest BCUT2D eigenvalue weighted by atomic mass is 10.1. The lowest BCUT2D eigenvalue weighted by molar-refractivity contribution is -0.204. The number of carbonyl (C=O) groups is 4. The van der Waals surface area contributed by atoms with Crippen molar-refractivity contribution in [2.75, 3.05) is 26.7 Å². The number of carbonyl (C=O) groups excluding carboxylic acids is 3. The zero-order chi connectivity index (χ0) is 29.7. The fourth-order valence-corrected chi connectivity index (χ4v) is 4.73. The highest BCUT2D eigenvalue weighted by molar-refractivity contribution is 5.84. The van der Waals surface area contributed by atoms with E-state index in [0.29, 0.717) is 30.9 Å². The molecule has 0 bridgehead atoms. The molecule has 1 aliphatic carbocycles. The molecule has 15 nitrogen and oxygen atoms in total. The van der Waals surface area contributed by atoms with Gasteiger partial charge in [-0.05, 0) is 45.2 Å². The number of hydrogen-bond donors (Lipinski definition) is 4. The number of hydrogen-bond acceptors (Lipinski definition) is 11. The van der Waals surface area contributed by atoms with Gasteiger partial charge in [-0.25, -0.2) is 19.3 Å². The fraction of sp³-hybridized carbons (Fsp3) is 0.615. The number of rotatable bonds is 12. The average Bonchev–Trinajstić information content (AvgIpc) is 3.71. The molecule has 2 aliphatic rings. The van der Waals surface area contributed by atoms with Gasteiger partial charge in [0.15, 0.2) is 17.9 Å². The van der Waals surface area contributed by atoms with Crippen LogP contribution in [-0.4, -0.2) is 105 Å². The molecule has 2 amide bonds. The van der Waals surface area contributed by atoms with E-state index in [1.165, 1.54) is 7.11 Å². The van der Waals surface area contributed by atoms with Crippen molar-refractivity contribution in [2.45, 2.75) is 76.7 Å². The van der Waals surface area contributed by atoms with Gasteiger partial charge in [0.2, 0.25) is 6.29 Å². The Bertz CT molecular complexity index is 1280. The molecule has 2 fully saturated rings. The van der Waals surface area contributed by atoms with Crippen molar-refractivity contribution in [3.8, 4) is 0 Å². The molecule has 1 aliphatic heterocycles. The summed E-state index contributed by atoms with van der Waals surface area (Å²) in [5, 5.41) is 29.5. The van der Waals surface area contributed by atoms with Crippen molar-refractivity contribution in [3.05, 3.63) is 23.5 Å². The Morgan fingerprint density at radius 3 is 2.71 bits per heavy atom. The molecule has 2 aromatic rings. The van der Waals surface area contributed by atoms with Gasteiger partial charge in [0.25, 0.3) is 5.91 Å². The number of aryl methyl sites for hydroxylation is 2. The third kappa shape index (κ3) is 7.48. The molecule has 1 unspecified atom stereocenters. The third-order valence-corrected chi connectivity index (χ3v) is 6.91. The van der Waals surface area contributed by atoms with Gasteiger partial charge in [0.1, 0.15) is 0 Å². The summed E-state index contributed by atoms with van der Waals surface area (Å²) in [7, 11) is 1.30. The largest absolute Gasteiger partial charge is 0.479 e. The number of nitrogens with zero attached hydrogens (tertiary/aromatic N) is 4. The number of pyridine rings is 1. The van der Waals surface area contributed by atoms with Gasteiger partial charge < -0.3 is 40.0 Å². The second-order valence-electron chi connectivity index (χ2n) is 10.1. The maximum absolute atomic E-state index is 13.8. The van der Waals surface area contributed by atoms with Crippen LogP contribution < -0.4 is 10.6 Å². The lowest BCUT2D eigenvalue weighted by Gasteiger charge is -2.35. The standard InChI is InChI=1S/C26H36N6O9/c1-14-5-8-17-22(30-31(23(17)29-14)10-4-9-28-26(38)39-3)15(2)32(16-6-7-16)24(35)19-12-27-13-21(40-19)41-20(34)11-18(33)25(36)37/h5,8,15-16,18-19,21,27,33H,4,6-7,9-13H2,1-3H3,(H,28,38)(H,36,37)/t15-,18-,19-,21?/m1/s1. The quantitative estimate of drug-likeness (QED) is 0.199. The average molecular weight is 577 g/mol. The van der Waals surface area contributed by atoms with E-state index < -0.39 is 49.0 Å². The van der Waals surface area contributed by atoms with E-state index in [2.05, 4.69) is 20.4 Å². The van der Waals surface area contributed by atoms with E-state index in [4.69, 9.17) is 19.7 Å². The SMILES string of the molecule is COC(=O)NCCCn1nc([C@@H](C)N(C(=O)[C@H]2CNCC(OC(=O)C[C@@H](O)C(=O)O)O2)C2CC2)c2ccc(C)nc21. The van der Waals surface area contributed by atoms with Crippen LogP contribution in [0.1, 0.15) is 50.0 Å². The van der Waals surface area contributed by atoms with Gasteiger partial charge in [-0.15, -0.1) is 0 Å². The molecule has 224 valence electrons. The van der Waals surface area contributed by atoms with Crippen molar-refractivity contribution in [1.29, 1.82) is 0 Å². The van der Waals surface area contributed by atoms with E-state index in [-0.39, 0.29) is 25.0 Å². The van der Waals surface area contributed by atoms with Crippen LogP contribution in [0.5, 0.6) is 0 Å². The zero-order valence-electron chi connectivity index (χ0n) is 23.2. The molecule has 0 spiro atoms. The van der Waals surface area contributed by atoms with Gasteiger partial charge in [0, 0.05) is 36.8 Å². The van der Waals surface area contributed by atoms with E-state index >= 15 is 0 Å². The first-order chi connectivity index (χ1) is 19.6. The van der Waals surface area contributed by atoms with Crippen LogP contribution in [-0.2, 0) is 35.1 Å². The molecule has 15 heteroatoms. The van der Waals surface area contributed by atoms with E-state index in [1.54, 1.807) is 9.58 Å². The van der Waals surface area contributed by atoms with Crippen LogP contribution in [0.2, 0.25) is 0 Å². The number of carboxylic acid groups (broad SMARTS) is 1. The smallest absolute Gasteiger partial charge is 0.406 e. The summed E-state index contributed by atoms with van der Waals surface area (Å²) in [5.41, 5.74) is 2.18. The van der Waals surface area contributed by atoms with Gasteiger partial charge in [-0.2, -0.15) is 5.10 Å². The van der Waals surface area contributed by atoms with E-state index in [1.807, 2.05) is 26.0 Å². The number of aliphatic hydroxyl groups is 1. The summed E-state index contributed by atoms with van der Waals surface area (Å²) in [5.74, 6) is -2.78. The number of aliphatic carboxylic acids is 1. The lowest BCUT2D eigenvalue weighted by Crippen LogP contribution is -2.54. The fourth-order valence-electron chi connectivity index (χ4n) is 4.73. The normalized spacial score (nSPS) is 20.2. The minimum Gasteiger partial charge on any atom is -0.479 e. The third-order valence-electron chi connectivity index (χ3n) is 6.91. The van der Waals surface area contributed by atoms with Crippen molar-refractivity contribution in [2.24, 2.45) is 0 Å². The number of morpholine rings is 1. The topological polar surface area (TPSA) is 194 Å². The Labute approximate surface area is 236 Å². The Balaban J connectivity index is 1.48. The molecule has 41 heavy (non-hydrogen) atoms. The zero-order valence-corrected chi connectivity index (χ0v) is 23.2. The van der Waals surface area contributed by atoms with Crippen molar-refractivity contribution >= 4 is 35.0 Å². The molecule has 4 atom stereocenters. The second kappa shape index (κ2) is 13.2. The Morgan fingerprint density at radius 1 is 1.27 bits per heavy atom. The highest BCUT2D eigenvalue weighted by atomic mass is 16.7. The maximum atomic E-state index is 13.8. The molecule has 1 saturated heterocycles. The molecule has 2 aromatic heterocycles. The Kier molecular flexibility index (Phi) is 9.73. The van der Waals surface area contributed by atoms with Crippen LogP contribution in [0, 0.1) is 6.92 Å². The highest BCUT2D eigenvalue weighted by Gasteiger charge is 2.42. The summed E-state index contributed by atoms with van der Waals surface area (Å²) < 4.78 is 17.3. The predicted octanol–water partition coefficient (Wildman–Crippen LogP) is 0.231. The molecule has 3 heterocycles. The van der Waals surface area contributed by atoms with Crippen molar-refractivity contribution in [3.63, 3.8) is 0 Å². The Morgan fingerprint density at radius 2 is 2.02 bits per heavy atom. The van der Waals surface area contributed by atoms with E-state index in [0.717, 1.165) is 23.9 Å². The number of methoxy groups -OCH3 is 1. The molecule has 4 N–H and O–H groups in total. The molecule has 0 aromatic carbocycles. The number of amides is 2. The monoisotopic (exact) mass is 576 g/mol. The predicted molar refractivity (Wildman–Crippen MR) is 141 cm³/mol. The summed E-state index contributed by atoms with van der Waals surface area (Å²) in [6.45, 7) is 4.98. The molecular weight excluding hydrogens is 540 g/mol.